The van der Waals surface area contributed by atoms with E-state index in [1.165, 1.54) is 12.1 Å². The van der Waals surface area contributed by atoms with Gasteiger partial charge >= 0.3 is 0 Å². The quantitative estimate of drug-likeness (QED) is 0.502. The lowest BCUT2D eigenvalue weighted by Gasteiger charge is -2.05. The Morgan fingerprint density at radius 1 is 1.55 bits per heavy atom. The van der Waals surface area contributed by atoms with Gasteiger partial charge in [0.2, 0.25) is 0 Å². The molecule has 0 atom stereocenters. The Bertz CT molecular complexity index is 248. The van der Waals surface area contributed by atoms with Gasteiger partial charge in [0, 0.05) is 0 Å². The lowest BCUT2D eigenvalue weighted by molar-refractivity contribution is 0.627. The maximum Gasteiger partial charge on any atom is 0.125 e. The molecule has 0 aromatic heterocycles. The van der Waals surface area contributed by atoms with Gasteiger partial charge in [-0.2, -0.15) is 0 Å². The van der Waals surface area contributed by atoms with Crippen LogP contribution in [0.3, 0.4) is 0 Å². The fourth-order valence-corrected chi connectivity index (χ4v) is 0.991. The maximum absolute atomic E-state index is 12.6. The molecule has 0 saturated heterocycles. The molecule has 0 spiro atoms. The molecule has 2 nitrogen and oxygen atoms in total. The number of benzene rings is 1. The van der Waals surface area contributed by atoms with Crippen LogP contribution >= 0.6 is 0 Å². The van der Waals surface area contributed by atoms with Crippen molar-refractivity contribution in [2.45, 2.75) is 13.3 Å². The van der Waals surface area contributed by atoms with E-state index in [9.17, 15) is 4.39 Å². The number of nitrogens with two attached hydrogens (primary N) is 1. The Hall–Kier alpha value is -1.09. The van der Waals surface area contributed by atoms with Crippen LogP contribution in [0, 0.1) is 5.82 Å². The molecule has 1 aromatic carbocycles. The average Bonchev–Trinajstić information content (AvgIpc) is 2.04. The van der Waals surface area contributed by atoms with Crippen molar-refractivity contribution in [3.63, 3.8) is 0 Å². The number of nitrogen functional groups attached to an aromatic ring is 1. The van der Waals surface area contributed by atoms with Crippen molar-refractivity contribution in [3.05, 3.63) is 29.6 Å². The summed E-state index contributed by atoms with van der Waals surface area (Å²) in [6, 6.07) is 4.54. The minimum absolute atomic E-state index is 0.268. The molecule has 0 heterocycles. The molecule has 0 amide bonds. The average molecular weight is 154 g/mol. The summed E-state index contributed by atoms with van der Waals surface area (Å²) in [5.41, 5.74) is 4.13. The standard InChI is InChI=1S/C8H11FN2/c1-2-6-3-4-7(9)5-8(6)11-10/h3-5,11H,2,10H2,1H3. The molecule has 0 aliphatic carbocycles. The van der Waals surface area contributed by atoms with E-state index in [0.717, 1.165) is 12.0 Å². The second kappa shape index (κ2) is 3.34. The van der Waals surface area contributed by atoms with Crippen molar-refractivity contribution < 1.29 is 4.39 Å². The first-order chi connectivity index (χ1) is 5.27. The van der Waals surface area contributed by atoms with E-state index in [4.69, 9.17) is 5.84 Å². The largest absolute Gasteiger partial charge is 0.324 e. The van der Waals surface area contributed by atoms with Crippen LogP contribution in [0.15, 0.2) is 18.2 Å². The molecule has 1 rings (SSSR count). The predicted octanol–water partition coefficient (Wildman–Crippen LogP) is 1.67. The smallest absolute Gasteiger partial charge is 0.125 e. The number of rotatable bonds is 2. The van der Waals surface area contributed by atoms with Crippen LogP contribution in [0.4, 0.5) is 10.1 Å². The summed E-state index contributed by atoms with van der Waals surface area (Å²) in [7, 11) is 0. The highest BCUT2D eigenvalue weighted by atomic mass is 19.1. The molecule has 3 heteroatoms. The molecule has 60 valence electrons. The molecule has 0 saturated carbocycles. The van der Waals surface area contributed by atoms with Crippen molar-refractivity contribution >= 4 is 5.69 Å². The summed E-state index contributed by atoms with van der Waals surface area (Å²) in [4.78, 5) is 0. The van der Waals surface area contributed by atoms with Gasteiger partial charge in [0.05, 0.1) is 5.69 Å². The molecule has 3 N–H and O–H groups in total. The number of hydrogen-bond acceptors (Lipinski definition) is 2. The number of nitrogens with one attached hydrogen (secondary N) is 1. The van der Waals surface area contributed by atoms with Gasteiger partial charge < -0.3 is 5.43 Å². The third-order valence-electron chi connectivity index (χ3n) is 1.61. The Labute approximate surface area is 65.2 Å². The fraction of sp³-hybridized carbons (Fsp3) is 0.250. The molecular weight excluding hydrogens is 143 g/mol. The maximum atomic E-state index is 12.6. The highest BCUT2D eigenvalue weighted by Crippen LogP contribution is 2.15. The molecule has 0 fully saturated rings. The Morgan fingerprint density at radius 2 is 2.27 bits per heavy atom. The van der Waals surface area contributed by atoms with Crippen LogP contribution in [0.1, 0.15) is 12.5 Å². The van der Waals surface area contributed by atoms with Crippen LogP contribution in [-0.2, 0) is 6.42 Å². The first-order valence-electron chi connectivity index (χ1n) is 3.53. The molecule has 11 heavy (non-hydrogen) atoms. The number of halogens is 1. The third kappa shape index (κ3) is 1.68. The zero-order valence-electron chi connectivity index (χ0n) is 6.39. The Kier molecular flexibility index (Phi) is 2.44. The van der Waals surface area contributed by atoms with E-state index in [0.29, 0.717) is 5.69 Å². The highest BCUT2D eigenvalue weighted by molar-refractivity contribution is 5.50. The van der Waals surface area contributed by atoms with Gasteiger partial charge in [-0.15, -0.1) is 0 Å². The zero-order valence-corrected chi connectivity index (χ0v) is 6.39. The van der Waals surface area contributed by atoms with E-state index < -0.39 is 0 Å². The highest BCUT2D eigenvalue weighted by Gasteiger charge is 1.99. The summed E-state index contributed by atoms with van der Waals surface area (Å²) in [6.45, 7) is 1.99. The summed E-state index contributed by atoms with van der Waals surface area (Å²) < 4.78 is 12.6. The van der Waals surface area contributed by atoms with E-state index >= 15 is 0 Å². The number of aryl methyl sites for hydroxylation is 1. The second-order valence-electron chi connectivity index (χ2n) is 2.30. The number of hydrazine groups is 1. The number of anilines is 1. The van der Waals surface area contributed by atoms with Crippen LogP contribution in [-0.4, -0.2) is 0 Å². The van der Waals surface area contributed by atoms with Crippen molar-refractivity contribution in [2.75, 3.05) is 5.43 Å². The van der Waals surface area contributed by atoms with Gasteiger partial charge in [-0.1, -0.05) is 13.0 Å². The summed E-state index contributed by atoms with van der Waals surface area (Å²) in [5.74, 6) is 4.91. The van der Waals surface area contributed by atoms with Gasteiger partial charge in [0.25, 0.3) is 0 Å². The van der Waals surface area contributed by atoms with Gasteiger partial charge in [-0.3, -0.25) is 5.84 Å². The van der Waals surface area contributed by atoms with Crippen molar-refractivity contribution in [2.24, 2.45) is 5.84 Å². The van der Waals surface area contributed by atoms with E-state index in [1.807, 2.05) is 6.92 Å². The monoisotopic (exact) mass is 154 g/mol. The molecular formula is C8H11FN2. The summed E-state index contributed by atoms with van der Waals surface area (Å²) in [6.07, 6.45) is 0.847. The van der Waals surface area contributed by atoms with Crippen LogP contribution in [0.5, 0.6) is 0 Å². The van der Waals surface area contributed by atoms with Crippen molar-refractivity contribution in [1.29, 1.82) is 0 Å². The normalized spacial score (nSPS) is 9.73. The van der Waals surface area contributed by atoms with Crippen LogP contribution in [0.2, 0.25) is 0 Å². The molecule has 0 bridgehead atoms. The van der Waals surface area contributed by atoms with E-state index in [2.05, 4.69) is 5.43 Å². The Balaban J connectivity index is 3.06. The third-order valence-corrected chi connectivity index (χ3v) is 1.61. The summed E-state index contributed by atoms with van der Waals surface area (Å²) >= 11 is 0. The van der Waals surface area contributed by atoms with Crippen molar-refractivity contribution in [3.8, 4) is 0 Å². The second-order valence-corrected chi connectivity index (χ2v) is 2.30. The topological polar surface area (TPSA) is 38.0 Å². The molecule has 1 aromatic rings. The minimum atomic E-state index is -0.268. The van der Waals surface area contributed by atoms with Crippen LogP contribution < -0.4 is 11.3 Å². The van der Waals surface area contributed by atoms with Gasteiger partial charge in [-0.25, -0.2) is 4.39 Å². The lowest BCUT2D eigenvalue weighted by Crippen LogP contribution is -2.09. The lowest BCUT2D eigenvalue weighted by atomic mass is 10.1. The van der Waals surface area contributed by atoms with E-state index in [-0.39, 0.29) is 5.82 Å². The first kappa shape index (κ1) is 8.01. The minimum Gasteiger partial charge on any atom is -0.324 e. The van der Waals surface area contributed by atoms with Gasteiger partial charge in [-0.05, 0) is 24.1 Å². The predicted molar refractivity (Wildman–Crippen MR) is 43.6 cm³/mol. The summed E-state index contributed by atoms with van der Waals surface area (Å²) in [5, 5.41) is 0. The first-order valence-corrected chi connectivity index (χ1v) is 3.53. The van der Waals surface area contributed by atoms with Gasteiger partial charge in [0.1, 0.15) is 5.82 Å². The Morgan fingerprint density at radius 3 is 2.82 bits per heavy atom. The molecule has 0 radical (unpaired) electrons. The van der Waals surface area contributed by atoms with Gasteiger partial charge in [0.15, 0.2) is 0 Å². The fourth-order valence-electron chi connectivity index (χ4n) is 0.991. The zero-order chi connectivity index (χ0) is 8.27. The number of hydrogen-bond donors (Lipinski definition) is 2. The van der Waals surface area contributed by atoms with Crippen LogP contribution in [0.25, 0.3) is 0 Å². The molecule has 0 unspecified atom stereocenters. The van der Waals surface area contributed by atoms with Crippen molar-refractivity contribution in [1.82, 2.24) is 0 Å². The van der Waals surface area contributed by atoms with E-state index in [1.54, 1.807) is 6.07 Å². The molecule has 0 aliphatic heterocycles. The SMILES string of the molecule is CCc1ccc(F)cc1NN. The molecule has 0 aliphatic rings.